The highest BCUT2D eigenvalue weighted by Crippen LogP contribution is 2.31. The lowest BCUT2D eigenvalue weighted by Gasteiger charge is -2.29. The number of rotatable bonds is 5. The summed E-state index contributed by atoms with van der Waals surface area (Å²) < 4.78 is 1.88. The van der Waals surface area contributed by atoms with E-state index in [-0.39, 0.29) is 5.91 Å². The van der Waals surface area contributed by atoms with Crippen molar-refractivity contribution in [2.45, 2.75) is 38.5 Å². The van der Waals surface area contributed by atoms with E-state index in [2.05, 4.69) is 50.6 Å². The van der Waals surface area contributed by atoms with Gasteiger partial charge >= 0.3 is 0 Å². The first-order valence-corrected chi connectivity index (χ1v) is 13.3. The van der Waals surface area contributed by atoms with Crippen LogP contribution in [0.25, 0.3) is 16.5 Å². The van der Waals surface area contributed by atoms with E-state index in [1.54, 1.807) is 0 Å². The first-order chi connectivity index (χ1) is 17.6. The summed E-state index contributed by atoms with van der Waals surface area (Å²) in [5.41, 5.74) is 6.71. The standard InChI is InChI=1S/C28H35N7O/c1-33-26-6-5-22(17-21(26)19-30-33)31-24-7-11-29-28-23(24)18-25(32-28)20-8-15-35(16-9-20)27(36)10-14-34-12-3-2-4-13-34/h5-6,8,17-19,29,32H,2-4,7,9-16H2,1H3. The van der Waals surface area contributed by atoms with Gasteiger partial charge in [0.25, 0.3) is 0 Å². The van der Waals surface area contributed by atoms with Crippen LogP contribution in [0.15, 0.2) is 41.5 Å². The molecule has 5 heterocycles. The number of aliphatic imine (C=N–C) groups is 1. The summed E-state index contributed by atoms with van der Waals surface area (Å²) in [6, 6.07) is 8.47. The van der Waals surface area contributed by atoms with Gasteiger partial charge in [-0.15, -0.1) is 0 Å². The number of piperidine rings is 1. The summed E-state index contributed by atoms with van der Waals surface area (Å²) in [5, 5.41) is 8.94. The maximum absolute atomic E-state index is 12.8. The molecule has 0 atom stereocenters. The van der Waals surface area contributed by atoms with E-state index >= 15 is 0 Å². The van der Waals surface area contributed by atoms with Crippen molar-refractivity contribution in [2.75, 3.05) is 44.6 Å². The maximum atomic E-state index is 12.8. The summed E-state index contributed by atoms with van der Waals surface area (Å²) in [7, 11) is 1.96. The van der Waals surface area contributed by atoms with Gasteiger partial charge < -0.3 is 20.1 Å². The largest absolute Gasteiger partial charge is 0.371 e. The number of amides is 1. The van der Waals surface area contributed by atoms with Crippen molar-refractivity contribution >= 4 is 39.6 Å². The number of carbonyl (C=O) groups excluding carboxylic acids is 1. The number of benzene rings is 1. The van der Waals surface area contributed by atoms with Gasteiger partial charge in [0.05, 0.1) is 23.1 Å². The van der Waals surface area contributed by atoms with E-state index in [1.807, 2.05) is 22.8 Å². The summed E-state index contributed by atoms with van der Waals surface area (Å²) in [5.74, 6) is 1.32. The number of hydrogen-bond acceptors (Lipinski definition) is 5. The molecule has 3 aromatic rings. The van der Waals surface area contributed by atoms with Gasteiger partial charge in [-0.3, -0.25) is 14.5 Å². The Bertz CT molecular complexity index is 1320. The van der Waals surface area contributed by atoms with Crippen molar-refractivity contribution in [3.63, 3.8) is 0 Å². The number of fused-ring (bicyclic) bond motifs is 2. The Morgan fingerprint density at radius 1 is 1.11 bits per heavy atom. The van der Waals surface area contributed by atoms with Crippen molar-refractivity contribution in [1.29, 1.82) is 0 Å². The smallest absolute Gasteiger partial charge is 0.224 e. The number of aromatic nitrogens is 3. The van der Waals surface area contributed by atoms with E-state index in [4.69, 9.17) is 4.99 Å². The van der Waals surface area contributed by atoms with Crippen molar-refractivity contribution in [3.05, 3.63) is 47.8 Å². The Hall–Kier alpha value is -3.39. The quantitative estimate of drug-likeness (QED) is 0.564. The van der Waals surface area contributed by atoms with Crippen molar-refractivity contribution in [1.82, 2.24) is 24.6 Å². The molecule has 6 rings (SSSR count). The van der Waals surface area contributed by atoms with Crippen molar-refractivity contribution < 1.29 is 4.79 Å². The van der Waals surface area contributed by atoms with Crippen LogP contribution in [0.4, 0.5) is 11.5 Å². The van der Waals surface area contributed by atoms with Crippen LogP contribution in [-0.2, 0) is 11.8 Å². The highest BCUT2D eigenvalue weighted by atomic mass is 16.2. The summed E-state index contributed by atoms with van der Waals surface area (Å²) >= 11 is 0. The van der Waals surface area contributed by atoms with Gasteiger partial charge in [-0.1, -0.05) is 12.5 Å². The second-order valence-electron chi connectivity index (χ2n) is 10.2. The van der Waals surface area contributed by atoms with E-state index in [1.165, 1.54) is 24.8 Å². The van der Waals surface area contributed by atoms with E-state index in [9.17, 15) is 4.79 Å². The maximum Gasteiger partial charge on any atom is 0.224 e. The molecule has 0 unspecified atom stereocenters. The highest BCUT2D eigenvalue weighted by Gasteiger charge is 2.23. The molecule has 0 spiro atoms. The first kappa shape index (κ1) is 23.0. The Kier molecular flexibility index (Phi) is 6.35. The Morgan fingerprint density at radius 3 is 2.83 bits per heavy atom. The van der Waals surface area contributed by atoms with Crippen LogP contribution >= 0.6 is 0 Å². The number of nitrogens with one attached hydrogen (secondary N) is 2. The zero-order valence-electron chi connectivity index (χ0n) is 21.1. The van der Waals surface area contributed by atoms with Gasteiger partial charge in [-0.25, -0.2) is 0 Å². The van der Waals surface area contributed by atoms with Crippen molar-refractivity contribution in [2.24, 2.45) is 12.0 Å². The monoisotopic (exact) mass is 485 g/mol. The third-order valence-electron chi connectivity index (χ3n) is 7.78. The number of likely N-dealkylation sites (tertiary alicyclic amines) is 1. The van der Waals surface area contributed by atoms with Gasteiger partial charge in [0, 0.05) is 62.7 Å². The number of nitrogens with zero attached hydrogens (tertiary/aromatic N) is 5. The molecule has 1 saturated heterocycles. The number of anilines is 1. The lowest BCUT2D eigenvalue weighted by atomic mass is 10.0. The van der Waals surface area contributed by atoms with Gasteiger partial charge in [-0.05, 0) is 62.2 Å². The molecule has 2 aromatic heterocycles. The fraction of sp³-hybridized carbons (Fsp3) is 0.464. The average Bonchev–Trinajstić information content (AvgIpc) is 3.52. The second kappa shape index (κ2) is 9.93. The van der Waals surface area contributed by atoms with Crippen LogP contribution in [0.2, 0.25) is 0 Å². The molecule has 3 aliphatic rings. The minimum Gasteiger partial charge on any atom is -0.371 e. The molecule has 36 heavy (non-hydrogen) atoms. The molecule has 2 N–H and O–H groups in total. The van der Waals surface area contributed by atoms with E-state index in [0.29, 0.717) is 13.0 Å². The molecule has 8 heteroatoms. The fourth-order valence-corrected chi connectivity index (χ4v) is 5.66. The molecule has 1 fully saturated rings. The molecular weight excluding hydrogens is 450 g/mol. The third kappa shape index (κ3) is 4.69. The fourth-order valence-electron chi connectivity index (χ4n) is 5.66. The highest BCUT2D eigenvalue weighted by molar-refractivity contribution is 6.08. The van der Waals surface area contributed by atoms with Crippen LogP contribution < -0.4 is 5.32 Å². The predicted molar refractivity (Wildman–Crippen MR) is 145 cm³/mol. The molecule has 0 aliphatic carbocycles. The lowest BCUT2D eigenvalue weighted by Crippen LogP contribution is -2.38. The van der Waals surface area contributed by atoms with Gasteiger partial charge in [0.2, 0.25) is 5.91 Å². The van der Waals surface area contributed by atoms with Gasteiger partial charge in [0.15, 0.2) is 0 Å². The van der Waals surface area contributed by atoms with Crippen LogP contribution in [-0.4, -0.2) is 75.5 Å². The van der Waals surface area contributed by atoms with Crippen molar-refractivity contribution in [3.8, 4) is 0 Å². The van der Waals surface area contributed by atoms with Crippen LogP contribution in [0.1, 0.15) is 49.8 Å². The predicted octanol–water partition coefficient (Wildman–Crippen LogP) is 4.33. The molecule has 0 saturated carbocycles. The zero-order chi connectivity index (χ0) is 24.5. The van der Waals surface area contributed by atoms with E-state index < -0.39 is 0 Å². The molecule has 3 aliphatic heterocycles. The molecule has 0 radical (unpaired) electrons. The molecular formula is C28H35N7O. The van der Waals surface area contributed by atoms with Gasteiger partial charge in [-0.2, -0.15) is 5.10 Å². The zero-order valence-corrected chi connectivity index (χ0v) is 21.1. The number of carbonyl (C=O) groups is 1. The Labute approximate surface area is 212 Å². The minimum atomic E-state index is 0.281. The first-order valence-electron chi connectivity index (χ1n) is 13.3. The summed E-state index contributed by atoms with van der Waals surface area (Å²) in [6.07, 6.45) is 10.4. The molecule has 188 valence electrons. The SMILES string of the molecule is Cn1ncc2cc(N=C3CCNc4[nH]c(C5=CCN(C(=O)CCN6CCCCC6)CC5)cc43)ccc21. The number of hydrogen-bond donors (Lipinski definition) is 2. The lowest BCUT2D eigenvalue weighted by molar-refractivity contribution is -0.131. The van der Waals surface area contributed by atoms with E-state index in [0.717, 1.165) is 84.9 Å². The molecule has 8 nitrogen and oxygen atoms in total. The number of aromatic amines is 1. The van der Waals surface area contributed by atoms with Crippen LogP contribution in [0, 0.1) is 0 Å². The molecule has 1 aromatic carbocycles. The normalized spacial score (nSPS) is 19.9. The second-order valence-corrected chi connectivity index (χ2v) is 10.2. The minimum absolute atomic E-state index is 0.281. The molecule has 0 bridgehead atoms. The van der Waals surface area contributed by atoms with Crippen LogP contribution in [0.5, 0.6) is 0 Å². The average molecular weight is 486 g/mol. The topological polar surface area (TPSA) is 81.5 Å². The Morgan fingerprint density at radius 2 is 2.00 bits per heavy atom. The van der Waals surface area contributed by atoms with Gasteiger partial charge in [0.1, 0.15) is 5.82 Å². The van der Waals surface area contributed by atoms with Crippen LogP contribution in [0.3, 0.4) is 0 Å². The molecule has 1 amide bonds. The summed E-state index contributed by atoms with van der Waals surface area (Å²) in [6.45, 7) is 5.53. The number of H-pyrrole nitrogens is 1. The summed E-state index contributed by atoms with van der Waals surface area (Å²) in [4.78, 5) is 25.8. The third-order valence-corrected chi connectivity index (χ3v) is 7.78. The number of aryl methyl sites for hydroxylation is 1. The Balaban J connectivity index is 1.14.